The summed E-state index contributed by atoms with van der Waals surface area (Å²) < 4.78 is 27.9. The molecule has 0 radical (unpaired) electrons. The molecule has 134 valence electrons. The molecule has 0 aromatic heterocycles. The van der Waals surface area contributed by atoms with E-state index in [2.05, 4.69) is 17.8 Å². The number of allylic oxidation sites excluding steroid dienone is 1. The lowest BCUT2D eigenvalue weighted by Gasteiger charge is -2.14. The van der Waals surface area contributed by atoms with E-state index in [1.54, 1.807) is 19.9 Å². The van der Waals surface area contributed by atoms with Crippen LogP contribution < -0.4 is 0 Å². The van der Waals surface area contributed by atoms with Crippen LogP contribution in [0.5, 0.6) is 0 Å². The maximum Gasteiger partial charge on any atom is 0.550 e. The lowest BCUT2D eigenvalue weighted by Crippen LogP contribution is -2.04. The third-order valence-electron chi connectivity index (χ3n) is 3.49. The van der Waals surface area contributed by atoms with Gasteiger partial charge in [0, 0.05) is 0 Å². The molecule has 0 atom stereocenters. The Kier molecular flexibility index (Phi) is 7.38. The fourth-order valence-electron chi connectivity index (χ4n) is 2.35. The highest BCUT2D eigenvalue weighted by Gasteiger charge is 2.27. The second-order valence-electron chi connectivity index (χ2n) is 5.29. The molecule has 25 heavy (non-hydrogen) atoms. The van der Waals surface area contributed by atoms with E-state index < -0.39 is 7.82 Å². The Morgan fingerprint density at radius 2 is 1.80 bits per heavy atom. The Hall–Kier alpha value is -1.94. The summed E-state index contributed by atoms with van der Waals surface area (Å²) in [5.74, 6) is 0. The molecule has 0 saturated carbocycles. The van der Waals surface area contributed by atoms with Gasteiger partial charge < -0.3 is 0 Å². The highest BCUT2D eigenvalue weighted by molar-refractivity contribution is 7.48. The number of fused-ring (bicyclic) bond motifs is 1. The molecule has 0 N–H and O–H groups in total. The predicted octanol–water partition coefficient (Wildman–Crippen LogP) is 5.71. The highest BCUT2D eigenvalue weighted by atomic mass is 31.2. The molecule has 0 saturated heterocycles. The number of benzene rings is 2. The van der Waals surface area contributed by atoms with Crippen LogP contribution in [0.3, 0.4) is 0 Å². The quantitative estimate of drug-likeness (QED) is 0.235. The molecule has 0 aliphatic carbocycles. The highest BCUT2D eigenvalue weighted by Crippen LogP contribution is 2.49. The van der Waals surface area contributed by atoms with Crippen molar-refractivity contribution in [3.63, 3.8) is 0 Å². The van der Waals surface area contributed by atoms with E-state index in [0.717, 1.165) is 22.8 Å². The van der Waals surface area contributed by atoms with Gasteiger partial charge in [-0.1, -0.05) is 47.6 Å². The van der Waals surface area contributed by atoms with Crippen molar-refractivity contribution in [1.82, 2.24) is 0 Å². The Labute approximate surface area is 148 Å². The van der Waals surface area contributed by atoms with Crippen molar-refractivity contribution < 1.29 is 18.2 Å². The van der Waals surface area contributed by atoms with Crippen molar-refractivity contribution in [2.75, 3.05) is 13.2 Å². The maximum atomic E-state index is 12.4. The Morgan fingerprint density at radius 3 is 2.44 bits per heavy atom. The molecule has 0 heterocycles. The zero-order valence-electron chi connectivity index (χ0n) is 14.7. The summed E-state index contributed by atoms with van der Waals surface area (Å²) in [6.07, 6.45) is 3.14. The number of phosphoric ester groups is 1. The van der Waals surface area contributed by atoms with Crippen molar-refractivity contribution in [3.05, 3.63) is 60.7 Å². The molecule has 0 aliphatic heterocycles. The first-order valence-electron chi connectivity index (χ1n) is 8.36. The SMILES string of the molecule is C=CCC/C(=N\OP(=O)(OCC)OCC)c1ccc2ccccc2c1. The molecule has 0 bridgehead atoms. The number of hydrogen-bond donors (Lipinski definition) is 0. The largest absolute Gasteiger partial charge is 0.550 e. The molecule has 0 amide bonds. The molecule has 0 aliphatic rings. The monoisotopic (exact) mass is 361 g/mol. The minimum absolute atomic E-state index is 0.213. The van der Waals surface area contributed by atoms with Crippen LogP contribution in [0.15, 0.2) is 60.3 Å². The summed E-state index contributed by atoms with van der Waals surface area (Å²) in [5.41, 5.74) is 1.57. The van der Waals surface area contributed by atoms with Gasteiger partial charge in [0.15, 0.2) is 0 Å². The number of hydrogen-bond acceptors (Lipinski definition) is 5. The number of phosphoric acid groups is 1. The van der Waals surface area contributed by atoms with Crippen molar-refractivity contribution in [2.45, 2.75) is 26.7 Å². The summed E-state index contributed by atoms with van der Waals surface area (Å²) >= 11 is 0. The Morgan fingerprint density at radius 1 is 1.12 bits per heavy atom. The summed E-state index contributed by atoms with van der Waals surface area (Å²) in [5, 5.41) is 6.35. The molecule has 2 rings (SSSR count). The predicted molar refractivity (Wildman–Crippen MR) is 102 cm³/mol. The minimum Gasteiger partial charge on any atom is -0.292 e. The van der Waals surface area contributed by atoms with Crippen LogP contribution in [0.2, 0.25) is 0 Å². The molecule has 0 unspecified atom stereocenters. The third kappa shape index (κ3) is 5.53. The van der Waals surface area contributed by atoms with Crippen LogP contribution in [-0.4, -0.2) is 18.9 Å². The van der Waals surface area contributed by atoms with Gasteiger partial charge in [-0.25, -0.2) is 4.57 Å². The lowest BCUT2D eigenvalue weighted by molar-refractivity contribution is 0.125. The van der Waals surface area contributed by atoms with Gasteiger partial charge in [-0.05, 0) is 49.1 Å². The van der Waals surface area contributed by atoms with Gasteiger partial charge in [0.25, 0.3) is 0 Å². The van der Waals surface area contributed by atoms with E-state index in [0.29, 0.717) is 12.1 Å². The van der Waals surface area contributed by atoms with Gasteiger partial charge >= 0.3 is 7.82 Å². The molecule has 0 fully saturated rings. The normalized spacial score (nSPS) is 12.3. The fourth-order valence-corrected chi connectivity index (χ4v) is 3.35. The summed E-state index contributed by atoms with van der Waals surface area (Å²) in [7, 11) is -3.69. The average molecular weight is 361 g/mol. The van der Waals surface area contributed by atoms with Crippen LogP contribution >= 0.6 is 7.82 Å². The molecule has 2 aromatic carbocycles. The number of nitrogens with zero attached hydrogens (tertiary/aromatic N) is 1. The lowest BCUT2D eigenvalue weighted by atomic mass is 10.0. The first kappa shape index (κ1) is 19.4. The van der Waals surface area contributed by atoms with Gasteiger partial charge in [-0.2, -0.15) is 0 Å². The summed E-state index contributed by atoms with van der Waals surface area (Å²) in [6, 6.07) is 14.1. The van der Waals surface area contributed by atoms with Crippen LogP contribution in [0, 0.1) is 0 Å². The van der Waals surface area contributed by atoms with E-state index in [1.165, 1.54) is 0 Å². The molecule has 6 heteroatoms. The first-order chi connectivity index (χ1) is 12.1. The minimum atomic E-state index is -3.69. The van der Waals surface area contributed by atoms with Crippen molar-refractivity contribution in [1.29, 1.82) is 0 Å². The Balaban J connectivity index is 2.32. The third-order valence-corrected chi connectivity index (χ3v) is 4.92. The van der Waals surface area contributed by atoms with E-state index >= 15 is 0 Å². The smallest absolute Gasteiger partial charge is 0.292 e. The molecular formula is C19H24NO4P. The van der Waals surface area contributed by atoms with Gasteiger partial charge in [0.05, 0.1) is 18.9 Å². The topological polar surface area (TPSA) is 57.1 Å². The van der Waals surface area contributed by atoms with E-state index in [4.69, 9.17) is 13.7 Å². The van der Waals surface area contributed by atoms with Crippen LogP contribution in [0.4, 0.5) is 0 Å². The van der Waals surface area contributed by atoms with Crippen LogP contribution in [0.25, 0.3) is 10.8 Å². The van der Waals surface area contributed by atoms with Gasteiger partial charge in [-0.3, -0.25) is 13.7 Å². The molecule has 0 spiro atoms. The van der Waals surface area contributed by atoms with E-state index in [9.17, 15) is 4.57 Å². The Bertz CT molecular complexity index is 778. The van der Waals surface area contributed by atoms with Crippen molar-refractivity contribution in [3.8, 4) is 0 Å². The summed E-state index contributed by atoms with van der Waals surface area (Å²) in [6.45, 7) is 7.62. The molecular weight excluding hydrogens is 337 g/mol. The van der Waals surface area contributed by atoms with E-state index in [-0.39, 0.29) is 13.2 Å². The van der Waals surface area contributed by atoms with Crippen LogP contribution in [0.1, 0.15) is 32.3 Å². The van der Waals surface area contributed by atoms with Crippen LogP contribution in [-0.2, 0) is 18.2 Å². The first-order valence-corrected chi connectivity index (χ1v) is 9.82. The zero-order chi connectivity index (χ0) is 18.1. The number of rotatable bonds is 10. The average Bonchev–Trinajstić information content (AvgIpc) is 2.62. The van der Waals surface area contributed by atoms with Gasteiger partial charge in [0.1, 0.15) is 0 Å². The van der Waals surface area contributed by atoms with Crippen molar-refractivity contribution in [2.24, 2.45) is 5.16 Å². The standard InChI is InChI=1S/C19H24NO4P/c1-4-7-12-19(20-24-25(21,22-5-2)23-6-3)18-14-13-16-10-8-9-11-17(16)15-18/h4,8-11,13-15H,1,5-7,12H2,2-3H3/b20-19+. The second-order valence-corrected chi connectivity index (χ2v) is 6.87. The maximum absolute atomic E-state index is 12.4. The van der Waals surface area contributed by atoms with Crippen molar-refractivity contribution >= 4 is 24.3 Å². The second kappa shape index (κ2) is 9.52. The number of oxime groups is 1. The summed E-state index contributed by atoms with van der Waals surface area (Å²) in [4.78, 5) is 0. The van der Waals surface area contributed by atoms with Gasteiger partial charge in [0.2, 0.25) is 0 Å². The zero-order valence-corrected chi connectivity index (χ0v) is 15.6. The fraction of sp³-hybridized carbons (Fsp3) is 0.316. The molecule has 5 nitrogen and oxygen atoms in total. The van der Waals surface area contributed by atoms with Gasteiger partial charge in [-0.15, -0.1) is 6.58 Å². The molecule has 2 aromatic rings. The van der Waals surface area contributed by atoms with E-state index in [1.807, 2.05) is 36.4 Å².